The second-order valence-electron chi connectivity index (χ2n) is 4.92. The first kappa shape index (κ1) is 13.5. The van der Waals surface area contributed by atoms with Crippen molar-refractivity contribution in [1.82, 2.24) is 0 Å². The molecule has 1 aliphatic carbocycles. The minimum absolute atomic E-state index is 0.118. The van der Waals surface area contributed by atoms with Gasteiger partial charge in [0.2, 0.25) is 0 Å². The molecule has 0 aliphatic heterocycles. The molecule has 0 spiro atoms. The lowest BCUT2D eigenvalue weighted by Gasteiger charge is -2.17. The predicted octanol–water partition coefficient (Wildman–Crippen LogP) is 4.96. The van der Waals surface area contributed by atoms with Gasteiger partial charge in [0.1, 0.15) is 0 Å². The number of benzene rings is 1. The lowest BCUT2D eigenvalue weighted by atomic mass is 10.1. The van der Waals surface area contributed by atoms with Crippen molar-refractivity contribution >= 4 is 17.3 Å². The monoisotopic (exact) mass is 277 g/mol. The average Bonchev–Trinajstić information content (AvgIpc) is 3.03. The van der Waals surface area contributed by atoms with E-state index in [-0.39, 0.29) is 11.1 Å². The fourth-order valence-corrected chi connectivity index (χ4v) is 2.22. The zero-order valence-corrected chi connectivity index (χ0v) is 10.8. The van der Waals surface area contributed by atoms with Gasteiger partial charge >= 0.3 is 6.18 Å². The van der Waals surface area contributed by atoms with Crippen LogP contribution in [0.2, 0.25) is 5.02 Å². The van der Waals surface area contributed by atoms with Gasteiger partial charge in [0.05, 0.1) is 16.3 Å². The molecular formula is C13H15ClF3N. The minimum Gasteiger partial charge on any atom is -0.381 e. The Labute approximate surface area is 109 Å². The average molecular weight is 278 g/mol. The molecule has 0 radical (unpaired) electrons. The van der Waals surface area contributed by atoms with Crippen molar-refractivity contribution in [3.8, 4) is 0 Å². The van der Waals surface area contributed by atoms with Gasteiger partial charge in [-0.05, 0) is 37.5 Å². The highest BCUT2D eigenvalue weighted by atomic mass is 35.5. The zero-order valence-electron chi connectivity index (χ0n) is 10.0. The molecule has 1 unspecified atom stereocenters. The maximum absolute atomic E-state index is 12.5. The maximum Gasteiger partial charge on any atom is 0.416 e. The van der Waals surface area contributed by atoms with E-state index in [0.29, 0.717) is 5.69 Å². The molecule has 0 heterocycles. The van der Waals surface area contributed by atoms with Gasteiger partial charge in [-0.3, -0.25) is 0 Å². The summed E-state index contributed by atoms with van der Waals surface area (Å²) in [7, 11) is 0. The summed E-state index contributed by atoms with van der Waals surface area (Å²) in [4.78, 5) is 0. The summed E-state index contributed by atoms with van der Waals surface area (Å²) >= 11 is 5.87. The first-order valence-corrected chi connectivity index (χ1v) is 6.37. The number of hydrogen-bond acceptors (Lipinski definition) is 1. The van der Waals surface area contributed by atoms with Crippen LogP contribution in [0.5, 0.6) is 0 Å². The van der Waals surface area contributed by atoms with Crippen molar-refractivity contribution in [3.05, 3.63) is 28.8 Å². The van der Waals surface area contributed by atoms with Gasteiger partial charge in [0, 0.05) is 6.04 Å². The quantitative estimate of drug-likeness (QED) is 0.820. The fraction of sp³-hybridized carbons (Fsp3) is 0.538. The number of hydrogen-bond donors (Lipinski definition) is 1. The molecule has 1 nitrogen and oxygen atoms in total. The van der Waals surface area contributed by atoms with E-state index in [0.717, 1.165) is 24.5 Å². The molecule has 100 valence electrons. The lowest BCUT2D eigenvalue weighted by Crippen LogP contribution is -2.16. The molecule has 0 aromatic heterocycles. The minimum atomic E-state index is -4.35. The van der Waals surface area contributed by atoms with E-state index in [1.54, 1.807) is 0 Å². The Morgan fingerprint density at radius 1 is 1.39 bits per heavy atom. The molecule has 1 fully saturated rings. The van der Waals surface area contributed by atoms with Gasteiger partial charge in [-0.1, -0.05) is 24.4 Å². The molecule has 1 aromatic carbocycles. The molecule has 2 rings (SSSR count). The lowest BCUT2D eigenvalue weighted by molar-refractivity contribution is -0.137. The molecule has 5 heteroatoms. The molecule has 0 amide bonds. The fourth-order valence-electron chi connectivity index (χ4n) is 1.99. The zero-order chi connectivity index (χ0) is 13.3. The topological polar surface area (TPSA) is 12.0 Å². The van der Waals surface area contributed by atoms with Crippen molar-refractivity contribution in [2.45, 2.75) is 38.4 Å². The number of anilines is 1. The molecule has 1 N–H and O–H groups in total. The van der Waals surface area contributed by atoms with E-state index in [9.17, 15) is 13.2 Å². The first-order valence-electron chi connectivity index (χ1n) is 5.99. The van der Waals surface area contributed by atoms with Gasteiger partial charge in [0.15, 0.2) is 0 Å². The van der Waals surface area contributed by atoms with Crippen molar-refractivity contribution in [2.75, 3.05) is 5.32 Å². The van der Waals surface area contributed by atoms with Gasteiger partial charge in [0.25, 0.3) is 0 Å². The summed E-state index contributed by atoms with van der Waals surface area (Å²) in [6.45, 7) is 2.02. The summed E-state index contributed by atoms with van der Waals surface area (Å²) in [5.74, 6) is 0.765. The van der Waals surface area contributed by atoms with Crippen LogP contribution in [0.3, 0.4) is 0 Å². The van der Waals surface area contributed by atoms with E-state index in [1.165, 1.54) is 18.9 Å². The standard InChI is InChI=1S/C13H15ClF3N/c1-8(6-9-2-3-9)18-12-5-4-10(7-11(12)14)13(15,16)17/h4-5,7-9,18H,2-3,6H2,1H3. The molecule has 0 saturated heterocycles. The summed E-state index contributed by atoms with van der Waals surface area (Å²) in [5.41, 5.74) is -0.147. The third-order valence-electron chi connectivity index (χ3n) is 3.08. The second-order valence-corrected chi connectivity index (χ2v) is 5.32. The van der Waals surface area contributed by atoms with Crippen LogP contribution in [-0.2, 0) is 6.18 Å². The Bertz CT molecular complexity index is 427. The van der Waals surface area contributed by atoms with Gasteiger partial charge < -0.3 is 5.32 Å². The number of rotatable bonds is 4. The van der Waals surface area contributed by atoms with Crippen molar-refractivity contribution in [3.63, 3.8) is 0 Å². The molecule has 0 bridgehead atoms. The summed E-state index contributed by atoms with van der Waals surface area (Å²) in [6, 6.07) is 3.65. The molecule has 1 saturated carbocycles. The summed E-state index contributed by atoms with van der Waals surface area (Å²) in [5, 5.41) is 3.28. The van der Waals surface area contributed by atoms with Crippen molar-refractivity contribution in [1.29, 1.82) is 0 Å². The number of halogens is 4. The molecule has 1 atom stereocenters. The third-order valence-corrected chi connectivity index (χ3v) is 3.39. The Hall–Kier alpha value is -0.900. The Balaban J connectivity index is 2.04. The van der Waals surface area contributed by atoms with E-state index in [1.807, 2.05) is 6.92 Å². The Morgan fingerprint density at radius 3 is 2.56 bits per heavy atom. The third kappa shape index (κ3) is 3.55. The summed E-state index contributed by atoms with van der Waals surface area (Å²) < 4.78 is 37.4. The molecule has 1 aromatic rings. The number of nitrogens with one attached hydrogen (secondary N) is 1. The highest BCUT2D eigenvalue weighted by Crippen LogP contribution is 2.36. The van der Waals surface area contributed by atoms with Crippen LogP contribution in [0, 0.1) is 5.92 Å². The largest absolute Gasteiger partial charge is 0.416 e. The van der Waals surface area contributed by atoms with Crippen LogP contribution in [0.15, 0.2) is 18.2 Å². The number of alkyl halides is 3. The predicted molar refractivity (Wildman–Crippen MR) is 66.9 cm³/mol. The van der Waals surface area contributed by atoms with Gasteiger partial charge in [-0.2, -0.15) is 13.2 Å². The van der Waals surface area contributed by atoms with Crippen LogP contribution in [0.1, 0.15) is 31.7 Å². The SMILES string of the molecule is CC(CC1CC1)Nc1ccc(C(F)(F)F)cc1Cl. The van der Waals surface area contributed by atoms with E-state index >= 15 is 0 Å². The first-order chi connectivity index (χ1) is 8.36. The summed E-state index contributed by atoms with van der Waals surface area (Å²) in [6.07, 6.45) is -0.793. The highest BCUT2D eigenvalue weighted by Gasteiger charge is 2.31. The Kier molecular flexibility index (Phi) is 3.76. The maximum atomic E-state index is 12.5. The van der Waals surface area contributed by atoms with Crippen molar-refractivity contribution in [2.24, 2.45) is 5.92 Å². The van der Waals surface area contributed by atoms with E-state index in [4.69, 9.17) is 11.6 Å². The van der Waals surface area contributed by atoms with Crippen LogP contribution in [0.25, 0.3) is 0 Å². The highest BCUT2D eigenvalue weighted by molar-refractivity contribution is 6.33. The van der Waals surface area contributed by atoms with Crippen molar-refractivity contribution < 1.29 is 13.2 Å². The van der Waals surface area contributed by atoms with Crippen LogP contribution >= 0.6 is 11.6 Å². The van der Waals surface area contributed by atoms with Gasteiger partial charge in [-0.25, -0.2) is 0 Å². The van der Waals surface area contributed by atoms with E-state index < -0.39 is 11.7 Å². The smallest absolute Gasteiger partial charge is 0.381 e. The normalized spacial score (nSPS) is 17.6. The Morgan fingerprint density at radius 2 is 2.06 bits per heavy atom. The molecule has 18 heavy (non-hydrogen) atoms. The van der Waals surface area contributed by atoms with E-state index in [2.05, 4.69) is 5.32 Å². The van der Waals surface area contributed by atoms with Gasteiger partial charge in [-0.15, -0.1) is 0 Å². The molecule has 1 aliphatic rings. The van der Waals surface area contributed by atoms with Crippen LogP contribution < -0.4 is 5.32 Å². The van der Waals surface area contributed by atoms with Crippen LogP contribution in [0.4, 0.5) is 18.9 Å². The van der Waals surface area contributed by atoms with Crippen LogP contribution in [-0.4, -0.2) is 6.04 Å². The second kappa shape index (κ2) is 5.00. The molecular weight excluding hydrogens is 263 g/mol.